The molecule has 106 valence electrons. The zero-order valence-corrected chi connectivity index (χ0v) is 12.1. The molecule has 0 spiro atoms. The van der Waals surface area contributed by atoms with Crippen molar-refractivity contribution < 1.29 is 14.6 Å². The van der Waals surface area contributed by atoms with E-state index in [1.807, 2.05) is 0 Å². The van der Waals surface area contributed by atoms with Crippen LogP contribution in [0.3, 0.4) is 0 Å². The van der Waals surface area contributed by atoms with Crippen molar-refractivity contribution in [1.82, 2.24) is 0 Å². The third kappa shape index (κ3) is 4.93. The van der Waals surface area contributed by atoms with Crippen molar-refractivity contribution in [3.63, 3.8) is 0 Å². The second kappa shape index (κ2) is 7.82. The summed E-state index contributed by atoms with van der Waals surface area (Å²) >= 11 is 0. The molecule has 0 fully saturated rings. The Bertz CT molecular complexity index is 412. The monoisotopic (exact) mass is 264 g/mol. The molecule has 3 heteroatoms. The number of unbranched alkanes of at least 4 members (excludes halogenated alkanes) is 1. The quantitative estimate of drug-likeness (QED) is 0.762. The van der Waals surface area contributed by atoms with Crippen LogP contribution < -0.4 is 4.74 Å². The van der Waals surface area contributed by atoms with E-state index in [0.29, 0.717) is 18.1 Å². The minimum atomic E-state index is -0.890. The summed E-state index contributed by atoms with van der Waals surface area (Å²) in [5.41, 5.74) is 1.08. The number of benzene rings is 1. The Morgan fingerprint density at radius 3 is 2.63 bits per heavy atom. The summed E-state index contributed by atoms with van der Waals surface area (Å²) in [6.45, 7) is 6.89. The third-order valence-electron chi connectivity index (χ3n) is 3.46. The van der Waals surface area contributed by atoms with Crippen LogP contribution in [-0.4, -0.2) is 17.7 Å². The Labute approximate surface area is 115 Å². The number of rotatable bonds is 8. The van der Waals surface area contributed by atoms with Crippen LogP contribution in [0.15, 0.2) is 18.2 Å². The van der Waals surface area contributed by atoms with Crippen molar-refractivity contribution in [1.29, 1.82) is 0 Å². The van der Waals surface area contributed by atoms with Gasteiger partial charge in [-0.05, 0) is 43.0 Å². The molecule has 0 saturated carbocycles. The number of carboxylic acids is 1. The lowest BCUT2D eigenvalue weighted by Crippen LogP contribution is -2.11. The van der Waals surface area contributed by atoms with E-state index in [0.717, 1.165) is 17.7 Å². The van der Waals surface area contributed by atoms with E-state index in [9.17, 15) is 4.79 Å². The highest BCUT2D eigenvalue weighted by molar-refractivity contribution is 5.89. The summed E-state index contributed by atoms with van der Waals surface area (Å²) in [5.74, 6) is 0.454. The largest absolute Gasteiger partial charge is 0.493 e. The predicted molar refractivity (Wildman–Crippen MR) is 76.9 cm³/mol. The van der Waals surface area contributed by atoms with Crippen LogP contribution >= 0.6 is 0 Å². The smallest absolute Gasteiger partial charge is 0.335 e. The Hall–Kier alpha value is -1.51. The molecule has 0 saturated heterocycles. The first kappa shape index (κ1) is 15.5. The second-order valence-electron chi connectivity index (χ2n) is 5.01. The number of aromatic carboxylic acids is 1. The number of ether oxygens (including phenoxy) is 1. The van der Waals surface area contributed by atoms with Crippen molar-refractivity contribution in [2.45, 2.75) is 46.5 Å². The number of hydrogen-bond donors (Lipinski definition) is 1. The molecular formula is C16H24O3. The van der Waals surface area contributed by atoms with Gasteiger partial charge < -0.3 is 9.84 Å². The normalized spacial score (nSPS) is 12.2. The van der Waals surface area contributed by atoms with Crippen LogP contribution in [0.1, 0.15) is 55.5 Å². The SMILES string of the molecule is CCCCC(CC)COc1ccc(C(=O)O)c(C)c1. The molecule has 0 aliphatic rings. The first-order valence-electron chi connectivity index (χ1n) is 7.05. The first-order chi connectivity index (χ1) is 9.08. The number of carbonyl (C=O) groups is 1. The average molecular weight is 264 g/mol. The van der Waals surface area contributed by atoms with Gasteiger partial charge in [0.25, 0.3) is 0 Å². The van der Waals surface area contributed by atoms with E-state index in [1.54, 1.807) is 25.1 Å². The van der Waals surface area contributed by atoms with Crippen LogP contribution in [-0.2, 0) is 0 Å². The highest BCUT2D eigenvalue weighted by Gasteiger charge is 2.10. The summed E-state index contributed by atoms with van der Waals surface area (Å²) in [5, 5.41) is 8.97. The molecule has 0 amide bonds. The maximum Gasteiger partial charge on any atom is 0.335 e. The Morgan fingerprint density at radius 1 is 1.37 bits per heavy atom. The molecule has 0 aliphatic heterocycles. The van der Waals surface area contributed by atoms with Crippen LogP contribution in [0.25, 0.3) is 0 Å². The summed E-state index contributed by atoms with van der Waals surface area (Å²) in [6.07, 6.45) is 4.76. The Balaban J connectivity index is 2.57. The fourth-order valence-electron chi connectivity index (χ4n) is 2.08. The molecule has 0 bridgehead atoms. The maximum absolute atomic E-state index is 10.9. The molecule has 0 radical (unpaired) electrons. The van der Waals surface area contributed by atoms with Crippen molar-refractivity contribution in [3.8, 4) is 5.75 Å². The average Bonchev–Trinajstić information content (AvgIpc) is 2.38. The highest BCUT2D eigenvalue weighted by Crippen LogP contribution is 2.20. The second-order valence-corrected chi connectivity index (χ2v) is 5.01. The number of aryl methyl sites for hydroxylation is 1. The first-order valence-corrected chi connectivity index (χ1v) is 7.05. The van der Waals surface area contributed by atoms with Gasteiger partial charge in [-0.3, -0.25) is 0 Å². The Kier molecular flexibility index (Phi) is 6.40. The molecular weight excluding hydrogens is 240 g/mol. The molecule has 1 unspecified atom stereocenters. The van der Waals surface area contributed by atoms with Crippen LogP contribution in [0.2, 0.25) is 0 Å². The number of carboxylic acid groups (broad SMARTS) is 1. The van der Waals surface area contributed by atoms with E-state index in [2.05, 4.69) is 13.8 Å². The van der Waals surface area contributed by atoms with Gasteiger partial charge >= 0.3 is 5.97 Å². The maximum atomic E-state index is 10.9. The van der Waals surface area contributed by atoms with Gasteiger partial charge in [-0.25, -0.2) is 4.79 Å². The predicted octanol–water partition coefficient (Wildman–Crippen LogP) is 4.29. The zero-order chi connectivity index (χ0) is 14.3. The van der Waals surface area contributed by atoms with Gasteiger partial charge in [0.1, 0.15) is 5.75 Å². The molecule has 0 aliphatic carbocycles. The summed E-state index contributed by atoms with van der Waals surface area (Å²) in [7, 11) is 0. The minimum absolute atomic E-state index is 0.338. The number of hydrogen-bond acceptors (Lipinski definition) is 2. The van der Waals surface area contributed by atoms with Gasteiger partial charge in [0, 0.05) is 0 Å². The molecule has 1 N–H and O–H groups in total. The zero-order valence-electron chi connectivity index (χ0n) is 12.1. The van der Waals surface area contributed by atoms with Crippen LogP contribution in [0, 0.1) is 12.8 Å². The van der Waals surface area contributed by atoms with E-state index in [-0.39, 0.29) is 0 Å². The molecule has 0 heterocycles. The summed E-state index contributed by atoms with van der Waals surface area (Å²) in [4.78, 5) is 10.9. The summed E-state index contributed by atoms with van der Waals surface area (Å²) < 4.78 is 5.78. The van der Waals surface area contributed by atoms with Crippen molar-refractivity contribution in [3.05, 3.63) is 29.3 Å². The standard InChI is InChI=1S/C16H24O3/c1-4-6-7-13(5-2)11-19-14-8-9-15(16(17)18)12(3)10-14/h8-10,13H,4-7,11H2,1-3H3,(H,17,18). The van der Waals surface area contributed by atoms with E-state index in [4.69, 9.17) is 9.84 Å². The van der Waals surface area contributed by atoms with Gasteiger partial charge in [0.2, 0.25) is 0 Å². The van der Waals surface area contributed by atoms with Gasteiger partial charge in [0.15, 0.2) is 0 Å². The lowest BCUT2D eigenvalue weighted by Gasteiger charge is -2.16. The molecule has 1 rings (SSSR count). The van der Waals surface area contributed by atoms with Crippen LogP contribution in [0.5, 0.6) is 5.75 Å². The molecule has 0 aromatic heterocycles. The topological polar surface area (TPSA) is 46.5 Å². The van der Waals surface area contributed by atoms with Crippen molar-refractivity contribution in [2.24, 2.45) is 5.92 Å². The minimum Gasteiger partial charge on any atom is -0.493 e. The fourth-order valence-corrected chi connectivity index (χ4v) is 2.08. The lowest BCUT2D eigenvalue weighted by molar-refractivity contribution is 0.0696. The van der Waals surface area contributed by atoms with Crippen molar-refractivity contribution >= 4 is 5.97 Å². The lowest BCUT2D eigenvalue weighted by atomic mass is 10.0. The molecule has 1 aromatic carbocycles. The van der Waals surface area contributed by atoms with Crippen LogP contribution in [0.4, 0.5) is 0 Å². The van der Waals surface area contributed by atoms with Gasteiger partial charge in [-0.15, -0.1) is 0 Å². The molecule has 1 atom stereocenters. The fraction of sp³-hybridized carbons (Fsp3) is 0.562. The highest BCUT2D eigenvalue weighted by atomic mass is 16.5. The van der Waals surface area contributed by atoms with Gasteiger partial charge in [0.05, 0.1) is 12.2 Å². The van der Waals surface area contributed by atoms with E-state index in [1.165, 1.54) is 19.3 Å². The van der Waals surface area contributed by atoms with Gasteiger partial charge in [-0.2, -0.15) is 0 Å². The third-order valence-corrected chi connectivity index (χ3v) is 3.46. The van der Waals surface area contributed by atoms with E-state index >= 15 is 0 Å². The molecule has 3 nitrogen and oxygen atoms in total. The molecule has 19 heavy (non-hydrogen) atoms. The van der Waals surface area contributed by atoms with Gasteiger partial charge in [-0.1, -0.05) is 33.1 Å². The molecule has 1 aromatic rings. The Morgan fingerprint density at radius 2 is 2.11 bits per heavy atom. The van der Waals surface area contributed by atoms with Crippen molar-refractivity contribution in [2.75, 3.05) is 6.61 Å². The van der Waals surface area contributed by atoms with E-state index < -0.39 is 5.97 Å². The summed E-state index contributed by atoms with van der Waals surface area (Å²) in [6, 6.07) is 5.15.